The van der Waals surface area contributed by atoms with Crippen LogP contribution in [0.3, 0.4) is 0 Å². The van der Waals surface area contributed by atoms with Crippen LogP contribution >= 0.6 is 0 Å². The van der Waals surface area contributed by atoms with Crippen molar-refractivity contribution >= 4 is 18.1 Å². The van der Waals surface area contributed by atoms with E-state index in [9.17, 15) is 14.7 Å². The highest BCUT2D eigenvalue weighted by Crippen LogP contribution is 2.20. The molecule has 0 radical (unpaired) electrons. The van der Waals surface area contributed by atoms with Gasteiger partial charge in [0.15, 0.2) is 0 Å². The molecule has 0 heterocycles. The van der Waals surface area contributed by atoms with Crippen LogP contribution in [0, 0.1) is 0 Å². The quantitative estimate of drug-likeness (QED) is 0.279. The molecule has 0 atom stereocenters. The Labute approximate surface area is 135 Å². The fourth-order valence-electron chi connectivity index (χ4n) is 1.88. The first-order chi connectivity index (χ1) is 11.0. The minimum atomic E-state index is -0.215. The third-order valence-corrected chi connectivity index (χ3v) is 3.17. The number of phenolic OH excluding ortho intramolecular Hbond substituents is 2. The maximum atomic E-state index is 11.6. The third-order valence-electron chi connectivity index (χ3n) is 3.17. The van der Waals surface area contributed by atoms with Crippen LogP contribution in [0.25, 0.3) is 0 Å². The number of phenols is 2. The molecule has 23 heavy (non-hydrogen) atoms. The van der Waals surface area contributed by atoms with E-state index in [1.54, 1.807) is 0 Å². The Hall–Kier alpha value is -2.57. The lowest BCUT2D eigenvalue weighted by atomic mass is 10.1. The van der Waals surface area contributed by atoms with Gasteiger partial charge >= 0.3 is 5.97 Å². The molecule has 0 bridgehead atoms. The molecule has 7 nitrogen and oxygen atoms in total. The Morgan fingerprint density at radius 1 is 1.17 bits per heavy atom. The fraction of sp³-hybridized carbons (Fsp3) is 0.438. The number of esters is 1. The summed E-state index contributed by atoms with van der Waals surface area (Å²) in [7, 11) is 1.37. The highest BCUT2D eigenvalue weighted by molar-refractivity contribution is 5.85. The molecule has 3 N–H and O–H groups in total. The van der Waals surface area contributed by atoms with E-state index >= 15 is 0 Å². The summed E-state index contributed by atoms with van der Waals surface area (Å²) in [5, 5.41) is 22.4. The lowest BCUT2D eigenvalue weighted by Gasteiger charge is -2.02. The van der Waals surface area contributed by atoms with Gasteiger partial charge in [-0.15, -0.1) is 0 Å². The number of carbonyl (C=O) groups excluding carboxylic acids is 2. The molecular formula is C16H22N2O5. The molecule has 0 unspecified atom stereocenters. The second kappa shape index (κ2) is 10.2. The summed E-state index contributed by atoms with van der Waals surface area (Å²) in [6.07, 6.45) is 5.25. The first-order valence-corrected chi connectivity index (χ1v) is 7.43. The molecule has 7 heteroatoms. The van der Waals surface area contributed by atoms with Crippen molar-refractivity contribution in [3.63, 3.8) is 0 Å². The molecule has 126 valence electrons. The van der Waals surface area contributed by atoms with Crippen molar-refractivity contribution in [1.29, 1.82) is 0 Å². The Bertz CT molecular complexity index is 557. The van der Waals surface area contributed by atoms with E-state index in [-0.39, 0.29) is 23.4 Å². The average Bonchev–Trinajstić information content (AvgIpc) is 2.52. The molecule has 1 rings (SSSR count). The number of carbonyl (C=O) groups is 2. The number of hydrogen-bond donors (Lipinski definition) is 3. The molecule has 0 aromatic heterocycles. The van der Waals surface area contributed by atoms with Gasteiger partial charge in [-0.1, -0.05) is 12.8 Å². The topological polar surface area (TPSA) is 108 Å². The second-order valence-corrected chi connectivity index (χ2v) is 5.03. The predicted molar refractivity (Wildman–Crippen MR) is 85.2 cm³/mol. The molecular weight excluding hydrogens is 300 g/mol. The number of amides is 1. The van der Waals surface area contributed by atoms with Crippen molar-refractivity contribution in [2.75, 3.05) is 7.11 Å². The zero-order chi connectivity index (χ0) is 17.1. The number of benzene rings is 1. The Kier molecular flexibility index (Phi) is 8.20. The van der Waals surface area contributed by atoms with Gasteiger partial charge in [-0.05, 0) is 25.0 Å². The van der Waals surface area contributed by atoms with Gasteiger partial charge in [-0.2, -0.15) is 5.10 Å². The maximum absolute atomic E-state index is 11.6. The van der Waals surface area contributed by atoms with Gasteiger partial charge in [0.2, 0.25) is 5.91 Å². The number of nitrogens with zero attached hydrogens (tertiary/aromatic N) is 1. The lowest BCUT2D eigenvalue weighted by molar-refractivity contribution is -0.140. The average molecular weight is 322 g/mol. The maximum Gasteiger partial charge on any atom is 0.305 e. The van der Waals surface area contributed by atoms with Crippen LogP contribution in [-0.2, 0) is 14.3 Å². The van der Waals surface area contributed by atoms with Gasteiger partial charge in [-0.3, -0.25) is 9.59 Å². The van der Waals surface area contributed by atoms with Crippen molar-refractivity contribution in [3.05, 3.63) is 23.8 Å². The number of ether oxygens (including phenoxy) is 1. The number of methoxy groups -OCH3 is 1. The van der Waals surface area contributed by atoms with Gasteiger partial charge in [0.05, 0.1) is 13.3 Å². The van der Waals surface area contributed by atoms with Crippen LogP contribution in [0.5, 0.6) is 11.5 Å². The molecule has 0 aliphatic carbocycles. The van der Waals surface area contributed by atoms with Crippen LogP contribution in [0.15, 0.2) is 23.3 Å². The summed E-state index contributed by atoms with van der Waals surface area (Å²) in [4.78, 5) is 22.5. The molecule has 0 aliphatic rings. The number of hydrogen-bond acceptors (Lipinski definition) is 6. The first kappa shape index (κ1) is 18.5. The van der Waals surface area contributed by atoms with Gasteiger partial charge in [0.1, 0.15) is 11.5 Å². The number of hydrazone groups is 1. The first-order valence-electron chi connectivity index (χ1n) is 7.43. The van der Waals surface area contributed by atoms with Gasteiger partial charge in [0.25, 0.3) is 0 Å². The summed E-state index contributed by atoms with van der Waals surface area (Å²) in [6, 6.07) is 4.09. The van der Waals surface area contributed by atoms with Crippen molar-refractivity contribution in [2.45, 2.75) is 38.5 Å². The SMILES string of the molecule is COC(=O)CCCCCCC(=O)N/N=C/c1ccc(O)cc1O. The highest BCUT2D eigenvalue weighted by Gasteiger charge is 2.02. The Morgan fingerprint density at radius 2 is 1.87 bits per heavy atom. The predicted octanol–water partition coefficient (Wildman–Crippen LogP) is 2.06. The van der Waals surface area contributed by atoms with Crippen LogP contribution in [0.2, 0.25) is 0 Å². The van der Waals surface area contributed by atoms with Crippen molar-refractivity contribution < 1.29 is 24.5 Å². The molecule has 0 saturated heterocycles. The number of rotatable bonds is 9. The lowest BCUT2D eigenvalue weighted by Crippen LogP contribution is -2.16. The summed E-state index contributed by atoms with van der Waals surface area (Å²) < 4.78 is 4.54. The smallest absolute Gasteiger partial charge is 0.305 e. The van der Waals surface area contributed by atoms with Gasteiger partial charge < -0.3 is 14.9 Å². The van der Waals surface area contributed by atoms with Gasteiger partial charge in [-0.25, -0.2) is 5.43 Å². The number of nitrogens with one attached hydrogen (secondary N) is 1. The highest BCUT2D eigenvalue weighted by atomic mass is 16.5. The molecule has 0 aliphatic heterocycles. The Balaban J connectivity index is 2.17. The fourth-order valence-corrected chi connectivity index (χ4v) is 1.88. The zero-order valence-corrected chi connectivity index (χ0v) is 13.1. The molecule has 0 saturated carbocycles. The summed E-state index contributed by atoms with van der Waals surface area (Å²) in [5.74, 6) is -0.591. The van der Waals surface area contributed by atoms with Crippen LogP contribution in [0.4, 0.5) is 0 Å². The van der Waals surface area contributed by atoms with Crippen molar-refractivity contribution in [1.82, 2.24) is 5.43 Å². The summed E-state index contributed by atoms with van der Waals surface area (Å²) >= 11 is 0. The number of unbranched alkanes of at least 4 members (excludes halogenated alkanes) is 3. The molecule has 1 aromatic carbocycles. The Morgan fingerprint density at radius 3 is 2.52 bits per heavy atom. The standard InChI is InChI=1S/C16H22N2O5/c1-23-16(22)7-5-3-2-4-6-15(21)18-17-11-12-8-9-13(19)10-14(12)20/h8-11,19-20H,2-7H2,1H3,(H,18,21)/b17-11+. The molecule has 0 spiro atoms. The molecule has 1 aromatic rings. The minimum absolute atomic E-state index is 0.0455. The zero-order valence-electron chi connectivity index (χ0n) is 13.1. The second-order valence-electron chi connectivity index (χ2n) is 5.03. The summed E-state index contributed by atoms with van der Waals surface area (Å²) in [6.45, 7) is 0. The minimum Gasteiger partial charge on any atom is -0.508 e. The summed E-state index contributed by atoms with van der Waals surface area (Å²) in [5.41, 5.74) is 2.77. The molecule has 1 amide bonds. The van der Waals surface area contributed by atoms with Crippen LogP contribution in [-0.4, -0.2) is 35.4 Å². The van der Waals surface area contributed by atoms with E-state index in [1.165, 1.54) is 31.5 Å². The van der Waals surface area contributed by atoms with E-state index in [0.29, 0.717) is 24.8 Å². The van der Waals surface area contributed by atoms with Crippen LogP contribution in [0.1, 0.15) is 44.1 Å². The monoisotopic (exact) mass is 322 g/mol. The number of aromatic hydroxyl groups is 2. The molecule has 0 fully saturated rings. The van der Waals surface area contributed by atoms with E-state index in [0.717, 1.165) is 19.3 Å². The van der Waals surface area contributed by atoms with E-state index in [4.69, 9.17) is 5.11 Å². The van der Waals surface area contributed by atoms with E-state index in [2.05, 4.69) is 15.3 Å². The van der Waals surface area contributed by atoms with Crippen molar-refractivity contribution in [2.24, 2.45) is 5.10 Å². The van der Waals surface area contributed by atoms with E-state index in [1.807, 2.05) is 0 Å². The third kappa shape index (κ3) is 7.85. The largest absolute Gasteiger partial charge is 0.508 e. The van der Waals surface area contributed by atoms with Crippen LogP contribution < -0.4 is 5.43 Å². The van der Waals surface area contributed by atoms with E-state index < -0.39 is 0 Å². The van der Waals surface area contributed by atoms with Gasteiger partial charge in [0, 0.05) is 24.5 Å². The normalized spacial score (nSPS) is 10.7. The van der Waals surface area contributed by atoms with Crippen molar-refractivity contribution in [3.8, 4) is 11.5 Å².